The quantitative estimate of drug-likeness (QED) is 0.849. The summed E-state index contributed by atoms with van der Waals surface area (Å²) in [5, 5.41) is 0.647. The third-order valence-electron chi connectivity index (χ3n) is 3.58. The van der Waals surface area contributed by atoms with Crippen LogP contribution in [-0.2, 0) is 5.41 Å². The number of hydrogen-bond donors (Lipinski definition) is 0. The standard InChI is InChI=1S/C17H23NO2/c1-6-18(7-2)12-8-9-13-14(19)11-16(17(3,4)5)20-15(13)10-12/h8-11H,6-7H2,1-5H3. The Hall–Kier alpha value is -1.77. The van der Waals surface area contributed by atoms with Gasteiger partial charge in [0, 0.05) is 36.3 Å². The molecule has 0 aliphatic heterocycles. The lowest BCUT2D eigenvalue weighted by Gasteiger charge is -2.22. The Morgan fingerprint density at radius 3 is 2.30 bits per heavy atom. The molecule has 0 saturated heterocycles. The normalized spacial score (nSPS) is 11.8. The summed E-state index contributed by atoms with van der Waals surface area (Å²) in [5.41, 5.74) is 1.63. The van der Waals surface area contributed by atoms with Gasteiger partial charge in [0.15, 0.2) is 5.43 Å². The lowest BCUT2D eigenvalue weighted by molar-refractivity contribution is 0.421. The minimum absolute atomic E-state index is 0.0299. The van der Waals surface area contributed by atoms with E-state index in [0.717, 1.165) is 24.5 Å². The molecule has 20 heavy (non-hydrogen) atoms. The van der Waals surface area contributed by atoms with Crippen LogP contribution in [-0.4, -0.2) is 13.1 Å². The van der Waals surface area contributed by atoms with Gasteiger partial charge in [0.1, 0.15) is 11.3 Å². The molecule has 0 aliphatic carbocycles. The van der Waals surface area contributed by atoms with Crippen molar-refractivity contribution in [3.8, 4) is 0 Å². The minimum Gasteiger partial charge on any atom is -0.460 e. The van der Waals surface area contributed by atoms with Gasteiger partial charge in [-0.3, -0.25) is 4.79 Å². The average Bonchev–Trinajstić information content (AvgIpc) is 2.38. The van der Waals surface area contributed by atoms with Crippen molar-refractivity contribution in [2.45, 2.75) is 40.0 Å². The maximum absolute atomic E-state index is 12.2. The number of anilines is 1. The van der Waals surface area contributed by atoms with Crippen LogP contribution in [0.4, 0.5) is 5.69 Å². The maximum atomic E-state index is 12.2. The van der Waals surface area contributed by atoms with Gasteiger partial charge in [0.05, 0.1) is 5.39 Å². The van der Waals surface area contributed by atoms with Gasteiger partial charge in [-0.15, -0.1) is 0 Å². The predicted octanol–water partition coefficient (Wildman–Crippen LogP) is 3.94. The number of benzene rings is 1. The molecule has 2 aromatic rings. The van der Waals surface area contributed by atoms with Crippen molar-refractivity contribution >= 4 is 16.7 Å². The third kappa shape index (κ3) is 2.72. The van der Waals surface area contributed by atoms with Crippen LogP contribution in [0.5, 0.6) is 0 Å². The predicted molar refractivity (Wildman–Crippen MR) is 84.7 cm³/mol. The van der Waals surface area contributed by atoms with Crippen molar-refractivity contribution in [3.05, 3.63) is 40.2 Å². The second-order valence-corrected chi connectivity index (χ2v) is 6.08. The SMILES string of the molecule is CCN(CC)c1ccc2c(=O)cc(C(C)(C)C)oc2c1. The van der Waals surface area contributed by atoms with E-state index < -0.39 is 0 Å². The smallest absolute Gasteiger partial charge is 0.192 e. The topological polar surface area (TPSA) is 33.5 Å². The van der Waals surface area contributed by atoms with Gasteiger partial charge < -0.3 is 9.32 Å². The second-order valence-electron chi connectivity index (χ2n) is 6.08. The highest BCUT2D eigenvalue weighted by molar-refractivity contribution is 5.80. The van der Waals surface area contributed by atoms with Crippen molar-refractivity contribution in [2.75, 3.05) is 18.0 Å². The fourth-order valence-electron chi connectivity index (χ4n) is 2.30. The summed E-state index contributed by atoms with van der Waals surface area (Å²) in [5.74, 6) is 0.728. The van der Waals surface area contributed by atoms with Crippen molar-refractivity contribution < 1.29 is 4.42 Å². The monoisotopic (exact) mass is 273 g/mol. The van der Waals surface area contributed by atoms with Gasteiger partial charge in [0.2, 0.25) is 0 Å². The van der Waals surface area contributed by atoms with E-state index in [9.17, 15) is 4.79 Å². The summed E-state index contributed by atoms with van der Waals surface area (Å²) in [7, 11) is 0. The van der Waals surface area contributed by atoms with E-state index in [1.54, 1.807) is 6.07 Å². The van der Waals surface area contributed by atoms with Crippen LogP contribution < -0.4 is 10.3 Å². The summed E-state index contributed by atoms with van der Waals surface area (Å²) in [4.78, 5) is 14.4. The molecule has 0 unspecified atom stereocenters. The number of nitrogens with zero attached hydrogens (tertiary/aromatic N) is 1. The van der Waals surface area contributed by atoms with Gasteiger partial charge in [-0.2, -0.15) is 0 Å². The van der Waals surface area contributed by atoms with E-state index >= 15 is 0 Å². The number of hydrogen-bond acceptors (Lipinski definition) is 3. The fourth-order valence-corrected chi connectivity index (χ4v) is 2.30. The van der Waals surface area contributed by atoms with E-state index in [0.29, 0.717) is 11.0 Å². The van der Waals surface area contributed by atoms with Crippen molar-refractivity contribution in [2.24, 2.45) is 0 Å². The zero-order chi connectivity index (χ0) is 14.9. The molecule has 2 rings (SSSR count). The molecule has 1 heterocycles. The summed E-state index contributed by atoms with van der Waals surface area (Å²) in [6.07, 6.45) is 0. The van der Waals surface area contributed by atoms with Crippen LogP contribution in [0.2, 0.25) is 0 Å². The van der Waals surface area contributed by atoms with Gasteiger partial charge in [0.25, 0.3) is 0 Å². The van der Waals surface area contributed by atoms with Gasteiger partial charge >= 0.3 is 0 Å². The molecule has 0 fully saturated rings. The highest BCUT2D eigenvalue weighted by Gasteiger charge is 2.19. The first kappa shape index (κ1) is 14.6. The van der Waals surface area contributed by atoms with Gasteiger partial charge in [-0.25, -0.2) is 0 Å². The molecule has 0 spiro atoms. The Balaban J connectivity index is 2.64. The van der Waals surface area contributed by atoms with Crippen LogP contribution in [0.25, 0.3) is 11.0 Å². The Kier molecular flexibility index (Phi) is 3.89. The first-order valence-electron chi connectivity index (χ1n) is 7.20. The zero-order valence-electron chi connectivity index (χ0n) is 13.0. The van der Waals surface area contributed by atoms with E-state index in [1.165, 1.54) is 0 Å². The Morgan fingerprint density at radius 1 is 1.10 bits per heavy atom. The highest BCUT2D eigenvalue weighted by atomic mass is 16.3. The lowest BCUT2D eigenvalue weighted by atomic mass is 9.92. The maximum Gasteiger partial charge on any atom is 0.192 e. The van der Waals surface area contributed by atoms with Crippen LogP contribution in [0.1, 0.15) is 40.4 Å². The van der Waals surface area contributed by atoms with Crippen LogP contribution in [0, 0.1) is 0 Å². The summed E-state index contributed by atoms with van der Waals surface area (Å²) < 4.78 is 5.96. The van der Waals surface area contributed by atoms with Crippen LogP contribution in [0.15, 0.2) is 33.5 Å². The number of fused-ring (bicyclic) bond motifs is 1. The van der Waals surface area contributed by atoms with Gasteiger partial charge in [-0.1, -0.05) is 20.8 Å². The first-order chi connectivity index (χ1) is 9.36. The Labute approximate surface area is 120 Å². The summed E-state index contributed by atoms with van der Waals surface area (Å²) in [6.45, 7) is 12.3. The molecule has 0 bridgehead atoms. The molecular weight excluding hydrogens is 250 g/mol. The van der Waals surface area contributed by atoms with Crippen molar-refractivity contribution in [1.29, 1.82) is 0 Å². The molecule has 0 radical (unpaired) electrons. The average molecular weight is 273 g/mol. The zero-order valence-corrected chi connectivity index (χ0v) is 13.0. The minimum atomic E-state index is -0.168. The van der Waals surface area contributed by atoms with Crippen LogP contribution in [0.3, 0.4) is 0 Å². The van der Waals surface area contributed by atoms with Crippen molar-refractivity contribution in [1.82, 2.24) is 0 Å². The summed E-state index contributed by atoms with van der Waals surface area (Å²) in [6, 6.07) is 7.43. The van der Waals surface area contributed by atoms with Crippen LogP contribution >= 0.6 is 0 Å². The van der Waals surface area contributed by atoms with E-state index in [-0.39, 0.29) is 10.8 Å². The molecule has 0 atom stereocenters. The van der Waals surface area contributed by atoms with E-state index in [4.69, 9.17) is 4.42 Å². The first-order valence-corrected chi connectivity index (χ1v) is 7.20. The number of rotatable bonds is 3. The second kappa shape index (κ2) is 5.31. The fraction of sp³-hybridized carbons (Fsp3) is 0.471. The Morgan fingerprint density at radius 2 is 1.75 bits per heavy atom. The molecule has 0 amide bonds. The lowest BCUT2D eigenvalue weighted by Crippen LogP contribution is -2.21. The van der Waals surface area contributed by atoms with Crippen molar-refractivity contribution in [3.63, 3.8) is 0 Å². The molecule has 1 aromatic heterocycles. The molecule has 1 aromatic carbocycles. The molecule has 108 valence electrons. The van der Waals surface area contributed by atoms with E-state index in [2.05, 4.69) is 18.7 Å². The molecule has 0 saturated carbocycles. The van der Waals surface area contributed by atoms with Gasteiger partial charge in [-0.05, 0) is 26.0 Å². The molecular formula is C17H23NO2. The molecule has 3 heteroatoms. The third-order valence-corrected chi connectivity index (χ3v) is 3.58. The summed E-state index contributed by atoms with van der Waals surface area (Å²) >= 11 is 0. The molecule has 3 nitrogen and oxygen atoms in total. The molecule has 0 N–H and O–H groups in total. The highest BCUT2D eigenvalue weighted by Crippen LogP contribution is 2.26. The largest absolute Gasteiger partial charge is 0.460 e. The molecule has 0 aliphatic rings. The Bertz CT molecular complexity index is 661. The van der Waals surface area contributed by atoms with E-state index in [1.807, 2.05) is 39.0 Å².